The summed E-state index contributed by atoms with van der Waals surface area (Å²) in [5.41, 5.74) is 5.63. The van der Waals surface area contributed by atoms with E-state index in [9.17, 15) is 14.0 Å². The smallest absolute Gasteiger partial charge is 0.262 e. The number of nitrogens with zero attached hydrogens (tertiary/aromatic N) is 3. The molecule has 36 heavy (non-hydrogen) atoms. The highest BCUT2D eigenvalue weighted by atomic mass is 32.2. The summed E-state index contributed by atoms with van der Waals surface area (Å²) in [4.78, 5) is 29.7. The summed E-state index contributed by atoms with van der Waals surface area (Å²) in [6.45, 7) is 4.00. The molecule has 2 aliphatic rings. The Bertz CT molecular complexity index is 1370. The molecule has 0 unspecified atom stereocenters. The van der Waals surface area contributed by atoms with Crippen molar-refractivity contribution in [3.05, 3.63) is 101 Å². The standard InChI is InChI=1S/C28H25FN4O2S/c1-17-8-13-22(14-18(17)2)30-26(34)16-25-27(35)31-28(36-25)33-24(20-9-11-21(29)12-10-20)15-23(32-33)19-6-4-3-5-7-19/h3-14,24-25H,15-16H2,1-2H3,(H,30,34)/t24-,25+/m0/s1. The number of hydrogen-bond acceptors (Lipinski definition) is 5. The minimum atomic E-state index is -0.628. The second-order valence-electron chi connectivity index (χ2n) is 8.92. The van der Waals surface area contributed by atoms with Crippen LogP contribution in [0.4, 0.5) is 10.1 Å². The summed E-state index contributed by atoms with van der Waals surface area (Å²) in [6.07, 6.45) is 0.592. The molecule has 182 valence electrons. The number of thioether (sulfide) groups is 1. The Labute approximate surface area is 213 Å². The number of benzene rings is 3. The van der Waals surface area contributed by atoms with Crippen LogP contribution in [0.2, 0.25) is 0 Å². The van der Waals surface area contributed by atoms with Crippen molar-refractivity contribution < 1.29 is 14.0 Å². The summed E-state index contributed by atoms with van der Waals surface area (Å²) < 4.78 is 13.6. The number of nitrogens with one attached hydrogen (secondary N) is 1. The highest BCUT2D eigenvalue weighted by molar-refractivity contribution is 8.15. The van der Waals surface area contributed by atoms with Gasteiger partial charge in [-0.25, -0.2) is 9.40 Å². The lowest BCUT2D eigenvalue weighted by Crippen LogP contribution is -2.25. The van der Waals surface area contributed by atoms with Gasteiger partial charge in [0.05, 0.1) is 11.8 Å². The van der Waals surface area contributed by atoms with Crippen molar-refractivity contribution in [3.8, 4) is 0 Å². The van der Waals surface area contributed by atoms with Gasteiger partial charge >= 0.3 is 0 Å². The fourth-order valence-electron chi connectivity index (χ4n) is 4.24. The van der Waals surface area contributed by atoms with Crippen LogP contribution >= 0.6 is 11.8 Å². The molecule has 0 saturated carbocycles. The molecule has 0 bridgehead atoms. The number of aliphatic imine (C=N–C) groups is 1. The molecule has 6 nitrogen and oxygen atoms in total. The van der Waals surface area contributed by atoms with E-state index in [0.29, 0.717) is 17.3 Å². The number of aryl methyl sites for hydroxylation is 2. The summed E-state index contributed by atoms with van der Waals surface area (Å²) in [6, 6.07) is 21.6. The van der Waals surface area contributed by atoms with Gasteiger partial charge in [-0.1, -0.05) is 60.3 Å². The van der Waals surface area contributed by atoms with Crippen LogP contribution in [0.5, 0.6) is 0 Å². The summed E-state index contributed by atoms with van der Waals surface area (Å²) in [5, 5.41) is 9.24. The summed E-state index contributed by atoms with van der Waals surface area (Å²) >= 11 is 1.24. The van der Waals surface area contributed by atoms with Gasteiger partial charge in [-0.15, -0.1) is 0 Å². The number of amidine groups is 1. The van der Waals surface area contributed by atoms with Crippen molar-refractivity contribution in [2.75, 3.05) is 5.32 Å². The Kier molecular flexibility index (Phi) is 6.69. The third-order valence-electron chi connectivity index (χ3n) is 6.36. The van der Waals surface area contributed by atoms with Crippen LogP contribution < -0.4 is 5.32 Å². The van der Waals surface area contributed by atoms with Gasteiger partial charge in [-0.2, -0.15) is 10.1 Å². The molecule has 3 aromatic rings. The van der Waals surface area contributed by atoms with E-state index in [1.54, 1.807) is 17.1 Å². The number of carbonyl (C=O) groups is 2. The van der Waals surface area contributed by atoms with Crippen LogP contribution in [0.3, 0.4) is 0 Å². The second kappa shape index (κ2) is 10.1. The molecule has 2 aliphatic heterocycles. The Balaban J connectivity index is 1.33. The van der Waals surface area contributed by atoms with Crippen LogP contribution in [-0.4, -0.2) is 33.0 Å². The third kappa shape index (κ3) is 5.09. The third-order valence-corrected chi connectivity index (χ3v) is 7.50. The van der Waals surface area contributed by atoms with E-state index in [0.717, 1.165) is 28.0 Å². The van der Waals surface area contributed by atoms with E-state index in [1.807, 2.05) is 62.4 Å². The number of amides is 2. The van der Waals surface area contributed by atoms with E-state index in [1.165, 1.54) is 23.9 Å². The molecule has 1 N–H and O–H groups in total. The first-order valence-electron chi connectivity index (χ1n) is 11.7. The van der Waals surface area contributed by atoms with Gasteiger partial charge in [0.15, 0.2) is 5.17 Å². The molecule has 0 saturated heterocycles. The maximum atomic E-state index is 13.6. The average molecular weight is 501 g/mol. The molecule has 3 aromatic carbocycles. The van der Waals surface area contributed by atoms with Gasteiger partial charge in [-0.05, 0) is 60.4 Å². The highest BCUT2D eigenvalue weighted by Gasteiger charge is 2.39. The first-order chi connectivity index (χ1) is 17.4. The molecule has 0 radical (unpaired) electrons. The fourth-order valence-corrected chi connectivity index (χ4v) is 5.30. The van der Waals surface area contributed by atoms with Crippen LogP contribution in [0.1, 0.15) is 41.1 Å². The molecule has 2 heterocycles. The van der Waals surface area contributed by atoms with Crippen LogP contribution in [-0.2, 0) is 9.59 Å². The lowest BCUT2D eigenvalue weighted by Gasteiger charge is -2.23. The molecule has 0 aromatic heterocycles. The zero-order valence-corrected chi connectivity index (χ0v) is 20.8. The van der Waals surface area contributed by atoms with Gasteiger partial charge in [-0.3, -0.25) is 9.59 Å². The molecular formula is C28H25FN4O2S. The van der Waals surface area contributed by atoms with Crippen molar-refractivity contribution in [1.29, 1.82) is 0 Å². The van der Waals surface area contributed by atoms with Crippen molar-refractivity contribution in [2.24, 2.45) is 10.1 Å². The minimum Gasteiger partial charge on any atom is -0.326 e. The van der Waals surface area contributed by atoms with Crippen LogP contribution in [0, 0.1) is 19.7 Å². The number of carbonyl (C=O) groups excluding carboxylic acids is 2. The van der Waals surface area contributed by atoms with Gasteiger partial charge in [0.2, 0.25) is 5.91 Å². The zero-order valence-electron chi connectivity index (χ0n) is 19.9. The summed E-state index contributed by atoms with van der Waals surface area (Å²) in [5.74, 6) is -0.915. The number of hydrogen-bond donors (Lipinski definition) is 1. The van der Waals surface area contributed by atoms with Gasteiger partial charge in [0, 0.05) is 18.5 Å². The van der Waals surface area contributed by atoms with Crippen molar-refractivity contribution in [1.82, 2.24) is 5.01 Å². The Hall–Kier alpha value is -3.78. The first kappa shape index (κ1) is 23.9. The molecule has 2 amide bonds. The Morgan fingerprint density at radius 2 is 1.81 bits per heavy atom. The highest BCUT2D eigenvalue weighted by Crippen LogP contribution is 2.38. The monoisotopic (exact) mass is 500 g/mol. The summed E-state index contributed by atoms with van der Waals surface area (Å²) in [7, 11) is 0. The lowest BCUT2D eigenvalue weighted by atomic mass is 9.99. The van der Waals surface area contributed by atoms with Crippen molar-refractivity contribution in [3.63, 3.8) is 0 Å². The molecule has 5 rings (SSSR count). The zero-order chi connectivity index (χ0) is 25.2. The van der Waals surface area contributed by atoms with E-state index in [-0.39, 0.29) is 30.1 Å². The molecule has 0 aliphatic carbocycles. The lowest BCUT2D eigenvalue weighted by molar-refractivity contribution is -0.121. The predicted octanol–water partition coefficient (Wildman–Crippen LogP) is 5.62. The normalized spacial score (nSPS) is 19.3. The molecular weight excluding hydrogens is 475 g/mol. The number of anilines is 1. The number of halogens is 1. The second-order valence-corrected chi connectivity index (χ2v) is 10.1. The first-order valence-corrected chi connectivity index (χ1v) is 12.6. The average Bonchev–Trinajstić information content (AvgIpc) is 3.46. The van der Waals surface area contributed by atoms with Crippen molar-refractivity contribution >= 4 is 40.1 Å². The maximum Gasteiger partial charge on any atom is 0.262 e. The largest absolute Gasteiger partial charge is 0.326 e. The maximum absolute atomic E-state index is 13.6. The van der Waals surface area contributed by atoms with Gasteiger partial charge in [0.25, 0.3) is 5.91 Å². The Morgan fingerprint density at radius 1 is 1.06 bits per heavy atom. The van der Waals surface area contributed by atoms with E-state index in [2.05, 4.69) is 10.3 Å². The van der Waals surface area contributed by atoms with Crippen molar-refractivity contribution in [2.45, 2.75) is 38.0 Å². The Morgan fingerprint density at radius 3 is 2.53 bits per heavy atom. The van der Waals surface area contributed by atoms with E-state index < -0.39 is 5.25 Å². The van der Waals surface area contributed by atoms with E-state index in [4.69, 9.17) is 5.10 Å². The minimum absolute atomic E-state index is 0.00767. The number of rotatable bonds is 5. The van der Waals surface area contributed by atoms with Gasteiger partial charge < -0.3 is 5.32 Å². The molecule has 0 spiro atoms. The molecule has 8 heteroatoms. The van der Waals surface area contributed by atoms with Crippen LogP contribution in [0.15, 0.2) is 82.9 Å². The predicted molar refractivity (Wildman–Crippen MR) is 142 cm³/mol. The SMILES string of the molecule is Cc1ccc(NC(=O)C[C@H]2SC(N3N=C(c4ccccc4)C[C@H]3c3ccc(F)cc3)=NC2=O)cc1C. The van der Waals surface area contributed by atoms with Crippen LogP contribution in [0.25, 0.3) is 0 Å². The quantitative estimate of drug-likeness (QED) is 0.493. The van der Waals surface area contributed by atoms with Gasteiger partial charge in [0.1, 0.15) is 11.1 Å². The van der Waals surface area contributed by atoms with E-state index >= 15 is 0 Å². The molecule has 2 atom stereocenters. The fraction of sp³-hybridized carbons (Fsp3) is 0.214. The number of hydrazone groups is 1. The topological polar surface area (TPSA) is 74.1 Å². The molecule has 0 fully saturated rings.